The zero-order chi connectivity index (χ0) is 14.3. The molecule has 1 aliphatic rings. The summed E-state index contributed by atoms with van der Waals surface area (Å²) in [7, 11) is 0. The molecule has 0 unspecified atom stereocenters. The third-order valence-electron chi connectivity index (χ3n) is 3.33. The van der Waals surface area contributed by atoms with Crippen LogP contribution in [0.25, 0.3) is 0 Å². The molecule has 3 nitrogen and oxygen atoms in total. The van der Waals surface area contributed by atoms with Gasteiger partial charge in [0.05, 0.1) is 10.6 Å². The highest BCUT2D eigenvalue weighted by molar-refractivity contribution is 6.32. The fourth-order valence-corrected chi connectivity index (χ4v) is 2.38. The minimum absolute atomic E-state index is 0.0677. The summed E-state index contributed by atoms with van der Waals surface area (Å²) < 4.78 is 38.2. The van der Waals surface area contributed by atoms with Crippen molar-refractivity contribution < 1.29 is 23.1 Å². The van der Waals surface area contributed by atoms with Gasteiger partial charge in [0.1, 0.15) is 11.3 Å². The van der Waals surface area contributed by atoms with Gasteiger partial charge in [0.25, 0.3) is 0 Å². The monoisotopic (exact) mass is 291 g/mol. The van der Waals surface area contributed by atoms with Crippen molar-refractivity contribution in [2.75, 3.05) is 0 Å². The van der Waals surface area contributed by atoms with Gasteiger partial charge in [0.2, 0.25) is 6.08 Å². The Labute approximate surface area is 111 Å². The van der Waals surface area contributed by atoms with Crippen LogP contribution in [0.15, 0.2) is 17.1 Å². The second-order valence-electron chi connectivity index (χ2n) is 4.44. The fraction of sp³-hybridized carbons (Fsp3) is 0.417. The summed E-state index contributed by atoms with van der Waals surface area (Å²) >= 11 is 5.62. The highest BCUT2D eigenvalue weighted by Gasteiger charge is 2.43. The van der Waals surface area contributed by atoms with E-state index in [1.54, 1.807) is 0 Å². The number of benzene rings is 1. The summed E-state index contributed by atoms with van der Waals surface area (Å²) in [5.74, 6) is -0.464. The van der Waals surface area contributed by atoms with Crippen molar-refractivity contribution >= 4 is 17.7 Å². The molecule has 0 atom stereocenters. The average Bonchev–Trinajstić information content (AvgIpc) is 2.26. The van der Waals surface area contributed by atoms with Crippen LogP contribution in [0.4, 0.5) is 13.2 Å². The third kappa shape index (κ3) is 2.33. The summed E-state index contributed by atoms with van der Waals surface area (Å²) in [6.45, 7) is 0. The van der Waals surface area contributed by atoms with E-state index in [1.807, 2.05) is 0 Å². The first-order valence-electron chi connectivity index (χ1n) is 5.49. The van der Waals surface area contributed by atoms with Gasteiger partial charge in [0.15, 0.2) is 0 Å². The predicted molar refractivity (Wildman–Crippen MR) is 61.8 cm³/mol. The maximum absolute atomic E-state index is 12.7. The Morgan fingerprint density at radius 2 is 2.00 bits per heavy atom. The van der Waals surface area contributed by atoms with E-state index in [2.05, 4.69) is 4.99 Å². The standard InChI is InChI=1S/C12H9ClF3NO2/c13-9-5-7(12(14,15)16)4-8(10(9)19)11(17-6-18)2-1-3-11/h4-5,19H,1-3H2. The first-order chi connectivity index (χ1) is 8.80. The number of aliphatic imine (C=N–C) groups is 1. The molecule has 1 aromatic rings. The molecular weight excluding hydrogens is 283 g/mol. The molecule has 102 valence electrons. The zero-order valence-corrected chi connectivity index (χ0v) is 10.3. The van der Waals surface area contributed by atoms with Gasteiger partial charge in [-0.3, -0.25) is 0 Å². The van der Waals surface area contributed by atoms with Crippen LogP contribution in [0.1, 0.15) is 30.4 Å². The van der Waals surface area contributed by atoms with E-state index in [9.17, 15) is 23.1 Å². The van der Waals surface area contributed by atoms with Crippen LogP contribution in [0.5, 0.6) is 5.75 Å². The van der Waals surface area contributed by atoms with Crippen LogP contribution in [0, 0.1) is 0 Å². The molecule has 0 heterocycles. The second-order valence-corrected chi connectivity index (χ2v) is 4.85. The van der Waals surface area contributed by atoms with E-state index < -0.39 is 28.1 Å². The van der Waals surface area contributed by atoms with Crippen molar-refractivity contribution in [3.8, 4) is 5.75 Å². The van der Waals surface area contributed by atoms with Crippen LogP contribution < -0.4 is 0 Å². The number of aromatic hydroxyl groups is 1. The minimum Gasteiger partial charge on any atom is -0.506 e. The predicted octanol–water partition coefficient (Wildman–Crippen LogP) is 3.78. The van der Waals surface area contributed by atoms with Crippen LogP contribution in [0.3, 0.4) is 0 Å². The smallest absolute Gasteiger partial charge is 0.416 e. The van der Waals surface area contributed by atoms with Gasteiger partial charge in [-0.1, -0.05) is 11.6 Å². The van der Waals surface area contributed by atoms with Crippen molar-refractivity contribution in [1.29, 1.82) is 0 Å². The molecule has 1 aromatic carbocycles. The number of phenols is 1. The number of isocyanates is 1. The Morgan fingerprint density at radius 3 is 2.42 bits per heavy atom. The number of rotatable bonds is 2. The van der Waals surface area contributed by atoms with Gasteiger partial charge < -0.3 is 5.11 Å². The summed E-state index contributed by atoms with van der Waals surface area (Å²) in [5.41, 5.74) is -2.17. The summed E-state index contributed by atoms with van der Waals surface area (Å²) in [6, 6.07) is 1.44. The molecular formula is C12H9ClF3NO2. The van der Waals surface area contributed by atoms with Crippen molar-refractivity contribution in [2.45, 2.75) is 31.0 Å². The summed E-state index contributed by atoms with van der Waals surface area (Å²) in [5, 5.41) is 9.42. The number of alkyl halides is 3. The first kappa shape index (κ1) is 13.9. The van der Waals surface area contributed by atoms with Gasteiger partial charge in [0, 0.05) is 5.56 Å². The molecule has 19 heavy (non-hydrogen) atoms. The van der Waals surface area contributed by atoms with E-state index in [0.29, 0.717) is 25.3 Å². The van der Waals surface area contributed by atoms with Gasteiger partial charge in [-0.2, -0.15) is 18.2 Å². The van der Waals surface area contributed by atoms with Crippen molar-refractivity contribution in [1.82, 2.24) is 0 Å². The molecule has 0 saturated heterocycles. The van der Waals surface area contributed by atoms with Crippen molar-refractivity contribution in [3.63, 3.8) is 0 Å². The van der Waals surface area contributed by atoms with Crippen LogP contribution in [0.2, 0.25) is 5.02 Å². The molecule has 0 radical (unpaired) electrons. The lowest BCUT2D eigenvalue weighted by molar-refractivity contribution is -0.137. The largest absolute Gasteiger partial charge is 0.506 e. The van der Waals surface area contributed by atoms with Crippen LogP contribution in [-0.4, -0.2) is 11.2 Å². The normalized spacial score (nSPS) is 17.5. The SMILES string of the molecule is O=C=NC1(c2cc(C(F)(F)F)cc(Cl)c2O)CCC1. The van der Waals surface area contributed by atoms with Crippen molar-refractivity contribution in [3.05, 3.63) is 28.3 Å². The first-order valence-corrected chi connectivity index (χ1v) is 5.87. The topological polar surface area (TPSA) is 49.7 Å². The van der Waals surface area contributed by atoms with E-state index >= 15 is 0 Å². The number of hydrogen-bond donors (Lipinski definition) is 1. The summed E-state index contributed by atoms with van der Waals surface area (Å²) in [4.78, 5) is 14.0. The lowest BCUT2D eigenvalue weighted by atomic mass is 9.71. The number of phenolic OH excluding ortho intramolecular Hbond substituents is 1. The van der Waals surface area contributed by atoms with Gasteiger partial charge >= 0.3 is 6.18 Å². The maximum atomic E-state index is 12.7. The van der Waals surface area contributed by atoms with Gasteiger partial charge in [-0.05, 0) is 31.4 Å². The Kier molecular flexibility index (Phi) is 3.32. The quantitative estimate of drug-likeness (QED) is 0.666. The molecule has 1 aliphatic carbocycles. The second kappa shape index (κ2) is 4.54. The number of nitrogens with zero attached hydrogens (tertiary/aromatic N) is 1. The summed E-state index contributed by atoms with van der Waals surface area (Å²) in [6.07, 6.45) is -1.76. The van der Waals surface area contributed by atoms with Crippen molar-refractivity contribution in [2.24, 2.45) is 4.99 Å². The highest BCUT2D eigenvalue weighted by atomic mass is 35.5. The molecule has 0 amide bonds. The molecule has 7 heteroatoms. The molecule has 1 N–H and O–H groups in total. The molecule has 1 saturated carbocycles. The van der Waals surface area contributed by atoms with Crippen LogP contribution in [-0.2, 0) is 16.5 Å². The van der Waals surface area contributed by atoms with Crippen LogP contribution >= 0.6 is 11.6 Å². The molecule has 0 spiro atoms. The van der Waals surface area contributed by atoms with E-state index in [-0.39, 0.29) is 5.56 Å². The Morgan fingerprint density at radius 1 is 1.37 bits per heavy atom. The number of carbonyl (C=O) groups excluding carboxylic acids is 1. The lowest BCUT2D eigenvalue weighted by Crippen LogP contribution is -2.32. The van der Waals surface area contributed by atoms with Gasteiger partial charge in [-0.25, -0.2) is 4.79 Å². The Bertz CT molecular complexity index is 561. The molecule has 2 rings (SSSR count). The molecule has 0 aliphatic heterocycles. The molecule has 0 bridgehead atoms. The minimum atomic E-state index is -4.58. The lowest BCUT2D eigenvalue weighted by Gasteiger charge is -2.37. The van der Waals surface area contributed by atoms with Gasteiger partial charge in [-0.15, -0.1) is 0 Å². The highest BCUT2D eigenvalue weighted by Crippen LogP contribution is 2.50. The maximum Gasteiger partial charge on any atom is 0.416 e. The van der Waals surface area contributed by atoms with E-state index in [1.165, 1.54) is 6.08 Å². The average molecular weight is 292 g/mol. The zero-order valence-electron chi connectivity index (χ0n) is 9.59. The van der Waals surface area contributed by atoms with E-state index in [0.717, 1.165) is 6.07 Å². The fourth-order valence-electron chi connectivity index (χ4n) is 2.16. The Balaban J connectivity index is 2.62. The Hall–Kier alpha value is -1.52. The number of halogens is 4. The third-order valence-corrected chi connectivity index (χ3v) is 3.62. The molecule has 1 fully saturated rings. The van der Waals surface area contributed by atoms with E-state index in [4.69, 9.17) is 11.6 Å². The molecule has 0 aromatic heterocycles. The number of hydrogen-bond acceptors (Lipinski definition) is 3.